The monoisotopic (exact) mass is 302 g/mol. The van der Waals surface area contributed by atoms with Crippen LogP contribution in [0.1, 0.15) is 52.8 Å². The van der Waals surface area contributed by atoms with Crippen LogP contribution < -0.4 is 5.56 Å². The van der Waals surface area contributed by atoms with E-state index in [1.165, 1.54) is 18.1 Å². The lowest BCUT2D eigenvalue weighted by Gasteiger charge is -2.24. The van der Waals surface area contributed by atoms with E-state index in [2.05, 4.69) is 9.72 Å². The number of rotatable bonds is 4. The van der Waals surface area contributed by atoms with Crippen LogP contribution in [0.5, 0.6) is 0 Å². The first-order valence-corrected chi connectivity index (χ1v) is 7.32. The lowest BCUT2D eigenvalue weighted by Crippen LogP contribution is -2.23. The van der Waals surface area contributed by atoms with E-state index in [9.17, 15) is 9.59 Å². The molecule has 6 nitrogen and oxygen atoms in total. The fourth-order valence-corrected chi connectivity index (χ4v) is 2.59. The Morgan fingerprint density at radius 3 is 2.82 bits per heavy atom. The second-order valence-corrected chi connectivity index (χ2v) is 5.58. The van der Waals surface area contributed by atoms with Crippen molar-refractivity contribution in [2.24, 2.45) is 0 Å². The molecular formula is C16H18N2O4. The van der Waals surface area contributed by atoms with Crippen molar-refractivity contribution in [3.05, 3.63) is 51.6 Å². The van der Waals surface area contributed by atoms with Crippen molar-refractivity contribution in [2.45, 2.75) is 38.6 Å². The molecule has 2 aromatic heterocycles. The third-order valence-corrected chi connectivity index (χ3v) is 4.12. The number of esters is 1. The fourth-order valence-electron chi connectivity index (χ4n) is 2.59. The molecule has 116 valence electrons. The molecule has 0 amide bonds. The maximum atomic E-state index is 12.2. The number of ether oxygens (including phenoxy) is 1. The molecule has 22 heavy (non-hydrogen) atoms. The van der Waals surface area contributed by atoms with E-state index in [1.807, 2.05) is 0 Å². The zero-order chi connectivity index (χ0) is 15.7. The SMILES string of the molecule is COC(=O)c1cc(Cn2cnc(C3CCC3)cc2=O)oc1C. The molecule has 3 rings (SSSR count). The predicted molar refractivity (Wildman–Crippen MR) is 79.0 cm³/mol. The Hall–Kier alpha value is -2.37. The first-order chi connectivity index (χ1) is 10.6. The third-order valence-electron chi connectivity index (χ3n) is 4.12. The summed E-state index contributed by atoms with van der Waals surface area (Å²) in [5.74, 6) is 0.990. The number of nitrogens with zero attached hydrogens (tertiary/aromatic N) is 2. The van der Waals surface area contributed by atoms with Gasteiger partial charge in [-0.05, 0) is 25.8 Å². The number of hydrogen-bond donors (Lipinski definition) is 0. The van der Waals surface area contributed by atoms with Crippen LogP contribution in [0.15, 0.2) is 27.7 Å². The number of furan rings is 1. The molecule has 2 heterocycles. The van der Waals surface area contributed by atoms with Crippen LogP contribution in [0.25, 0.3) is 0 Å². The number of aryl methyl sites for hydroxylation is 1. The molecule has 0 saturated heterocycles. The molecule has 1 aliphatic rings. The Morgan fingerprint density at radius 2 is 2.23 bits per heavy atom. The van der Waals surface area contributed by atoms with Crippen molar-refractivity contribution in [2.75, 3.05) is 7.11 Å². The lowest BCUT2D eigenvalue weighted by molar-refractivity contribution is 0.0599. The minimum absolute atomic E-state index is 0.106. The highest BCUT2D eigenvalue weighted by Gasteiger charge is 2.21. The Balaban J connectivity index is 1.81. The number of carbonyl (C=O) groups is 1. The first kappa shape index (κ1) is 14.6. The van der Waals surface area contributed by atoms with Gasteiger partial charge in [0.2, 0.25) is 0 Å². The molecule has 1 fully saturated rings. The van der Waals surface area contributed by atoms with Gasteiger partial charge in [0.15, 0.2) is 0 Å². The van der Waals surface area contributed by atoms with E-state index in [1.54, 1.807) is 25.4 Å². The van der Waals surface area contributed by atoms with Gasteiger partial charge in [-0.15, -0.1) is 0 Å². The maximum Gasteiger partial charge on any atom is 0.341 e. The summed E-state index contributed by atoms with van der Waals surface area (Å²) >= 11 is 0. The van der Waals surface area contributed by atoms with Crippen molar-refractivity contribution in [1.82, 2.24) is 9.55 Å². The molecule has 0 radical (unpaired) electrons. The van der Waals surface area contributed by atoms with Gasteiger partial charge >= 0.3 is 5.97 Å². The van der Waals surface area contributed by atoms with Gasteiger partial charge in [0.25, 0.3) is 5.56 Å². The molecule has 0 atom stereocenters. The average molecular weight is 302 g/mol. The summed E-state index contributed by atoms with van der Waals surface area (Å²) in [4.78, 5) is 28.1. The van der Waals surface area contributed by atoms with E-state index in [4.69, 9.17) is 4.42 Å². The van der Waals surface area contributed by atoms with Gasteiger partial charge in [-0.25, -0.2) is 9.78 Å². The summed E-state index contributed by atoms with van der Waals surface area (Å²) in [5.41, 5.74) is 1.15. The summed E-state index contributed by atoms with van der Waals surface area (Å²) in [6, 6.07) is 3.20. The highest BCUT2D eigenvalue weighted by atomic mass is 16.5. The number of hydrogen-bond acceptors (Lipinski definition) is 5. The van der Waals surface area contributed by atoms with E-state index < -0.39 is 5.97 Å². The Bertz CT molecular complexity index is 756. The van der Waals surface area contributed by atoms with Crippen LogP contribution in [0, 0.1) is 6.92 Å². The average Bonchev–Trinajstić information content (AvgIpc) is 2.80. The normalized spacial score (nSPS) is 14.6. The van der Waals surface area contributed by atoms with Gasteiger partial charge < -0.3 is 9.15 Å². The summed E-state index contributed by atoms with van der Waals surface area (Å²) < 4.78 is 11.7. The molecule has 0 bridgehead atoms. The Kier molecular flexibility index (Phi) is 3.83. The Morgan fingerprint density at radius 1 is 1.45 bits per heavy atom. The molecular weight excluding hydrogens is 284 g/mol. The van der Waals surface area contributed by atoms with Crippen molar-refractivity contribution in [3.63, 3.8) is 0 Å². The number of aromatic nitrogens is 2. The molecule has 0 unspecified atom stereocenters. The highest BCUT2D eigenvalue weighted by molar-refractivity contribution is 5.90. The summed E-state index contributed by atoms with van der Waals surface area (Å²) in [7, 11) is 1.32. The highest BCUT2D eigenvalue weighted by Crippen LogP contribution is 2.34. The lowest BCUT2D eigenvalue weighted by atomic mass is 9.83. The zero-order valence-electron chi connectivity index (χ0n) is 12.7. The standard InChI is InChI=1S/C16H18N2O4/c1-10-13(16(20)21-2)6-12(22-10)8-18-9-17-14(7-15(18)19)11-4-3-5-11/h6-7,9,11H,3-5,8H2,1-2H3. The topological polar surface area (TPSA) is 74.3 Å². The van der Waals surface area contributed by atoms with Crippen molar-refractivity contribution < 1.29 is 13.9 Å². The molecule has 0 aliphatic heterocycles. The third kappa shape index (κ3) is 2.68. The molecule has 1 aliphatic carbocycles. The van der Waals surface area contributed by atoms with Crippen molar-refractivity contribution in [1.29, 1.82) is 0 Å². The molecule has 2 aromatic rings. The Labute approximate surface area is 127 Å². The van der Waals surface area contributed by atoms with Crippen LogP contribution in [0.2, 0.25) is 0 Å². The van der Waals surface area contributed by atoms with Gasteiger partial charge in [-0.3, -0.25) is 9.36 Å². The first-order valence-electron chi connectivity index (χ1n) is 7.32. The van der Waals surface area contributed by atoms with Crippen LogP contribution >= 0.6 is 0 Å². The summed E-state index contributed by atoms with van der Waals surface area (Å²) in [6.45, 7) is 1.94. The van der Waals surface area contributed by atoms with Crippen LogP contribution in [-0.4, -0.2) is 22.6 Å². The summed E-state index contributed by atoms with van der Waals surface area (Å²) in [6.07, 6.45) is 4.97. The molecule has 6 heteroatoms. The largest absolute Gasteiger partial charge is 0.465 e. The second-order valence-electron chi connectivity index (χ2n) is 5.58. The van der Waals surface area contributed by atoms with Gasteiger partial charge in [-0.1, -0.05) is 6.42 Å². The van der Waals surface area contributed by atoms with Gasteiger partial charge in [-0.2, -0.15) is 0 Å². The van der Waals surface area contributed by atoms with Crippen molar-refractivity contribution in [3.8, 4) is 0 Å². The van der Waals surface area contributed by atoms with E-state index in [0.717, 1.165) is 18.5 Å². The van der Waals surface area contributed by atoms with Crippen LogP contribution in [-0.2, 0) is 11.3 Å². The van der Waals surface area contributed by atoms with Crippen LogP contribution in [0.3, 0.4) is 0 Å². The van der Waals surface area contributed by atoms with Gasteiger partial charge in [0, 0.05) is 12.0 Å². The number of carbonyl (C=O) groups excluding carboxylic acids is 1. The molecule has 0 N–H and O–H groups in total. The smallest absolute Gasteiger partial charge is 0.341 e. The minimum Gasteiger partial charge on any atom is -0.465 e. The van der Waals surface area contributed by atoms with Gasteiger partial charge in [0.1, 0.15) is 17.1 Å². The van der Waals surface area contributed by atoms with E-state index in [-0.39, 0.29) is 12.1 Å². The second kappa shape index (κ2) is 5.79. The summed E-state index contributed by atoms with van der Waals surface area (Å²) in [5, 5.41) is 0. The van der Waals surface area contributed by atoms with Gasteiger partial charge in [0.05, 0.1) is 25.7 Å². The predicted octanol–water partition coefficient (Wildman–Crippen LogP) is 2.25. The zero-order valence-corrected chi connectivity index (χ0v) is 12.7. The molecule has 1 saturated carbocycles. The maximum absolute atomic E-state index is 12.2. The number of methoxy groups -OCH3 is 1. The molecule has 0 spiro atoms. The van der Waals surface area contributed by atoms with Crippen molar-refractivity contribution >= 4 is 5.97 Å². The molecule has 0 aromatic carbocycles. The van der Waals surface area contributed by atoms with Crippen LogP contribution in [0.4, 0.5) is 0 Å². The van der Waals surface area contributed by atoms with E-state index in [0.29, 0.717) is 23.0 Å². The fraction of sp³-hybridized carbons (Fsp3) is 0.438. The minimum atomic E-state index is -0.446. The quantitative estimate of drug-likeness (QED) is 0.810. The van der Waals surface area contributed by atoms with E-state index >= 15 is 0 Å².